The maximum Gasteiger partial charge on any atom is 0.138 e. The maximum absolute atomic E-state index is 8.79. The first-order valence-corrected chi connectivity index (χ1v) is 6.22. The first kappa shape index (κ1) is 12.8. The van der Waals surface area contributed by atoms with Crippen LogP contribution in [0.25, 0.3) is 0 Å². The van der Waals surface area contributed by atoms with Crippen LogP contribution in [0, 0.1) is 18.3 Å². The normalized spacial score (nSPS) is 9.89. The van der Waals surface area contributed by atoms with Crippen molar-refractivity contribution in [1.82, 2.24) is 9.97 Å². The van der Waals surface area contributed by atoms with Gasteiger partial charge in [0.1, 0.15) is 17.3 Å². The summed E-state index contributed by atoms with van der Waals surface area (Å²) in [7, 11) is 0. The molecule has 0 saturated heterocycles. The van der Waals surface area contributed by atoms with Crippen LogP contribution in [-0.2, 0) is 0 Å². The molecule has 1 aromatic heterocycles. The zero-order valence-electron chi connectivity index (χ0n) is 9.41. The highest BCUT2D eigenvalue weighted by atomic mass is 79.9. The zero-order valence-corrected chi connectivity index (χ0v) is 11.7. The Morgan fingerprint density at radius 1 is 1.39 bits per heavy atom. The van der Waals surface area contributed by atoms with Gasteiger partial charge in [-0.25, -0.2) is 9.97 Å². The van der Waals surface area contributed by atoms with Crippen LogP contribution in [0.3, 0.4) is 0 Å². The first-order chi connectivity index (χ1) is 8.61. The fraction of sp³-hybridized carbons (Fsp3) is 0.0833. The molecule has 0 spiro atoms. The molecule has 0 aliphatic rings. The largest absolute Gasteiger partial charge is 0.339 e. The van der Waals surface area contributed by atoms with Gasteiger partial charge >= 0.3 is 0 Å². The molecule has 0 saturated carbocycles. The second-order valence-electron chi connectivity index (χ2n) is 3.57. The Morgan fingerprint density at radius 2 is 2.17 bits per heavy atom. The molecule has 2 aromatic rings. The van der Waals surface area contributed by atoms with Crippen LogP contribution in [0.4, 0.5) is 11.5 Å². The van der Waals surface area contributed by atoms with E-state index in [1.165, 1.54) is 6.33 Å². The average Bonchev–Trinajstić information content (AvgIpc) is 2.37. The van der Waals surface area contributed by atoms with E-state index in [0.717, 1.165) is 15.7 Å². The summed E-state index contributed by atoms with van der Waals surface area (Å²) in [6, 6.07) is 7.34. The van der Waals surface area contributed by atoms with Crippen molar-refractivity contribution in [2.24, 2.45) is 0 Å². The lowest BCUT2D eigenvalue weighted by atomic mass is 10.2. The van der Waals surface area contributed by atoms with Crippen molar-refractivity contribution in [1.29, 1.82) is 5.26 Å². The maximum atomic E-state index is 8.79. The van der Waals surface area contributed by atoms with E-state index < -0.39 is 0 Å². The molecule has 0 bridgehead atoms. The Labute approximate surface area is 118 Å². The van der Waals surface area contributed by atoms with Gasteiger partial charge in [0.25, 0.3) is 0 Å². The molecular weight excluding hydrogens is 316 g/mol. The van der Waals surface area contributed by atoms with Crippen LogP contribution in [0.15, 0.2) is 29.0 Å². The minimum atomic E-state index is 0.414. The van der Waals surface area contributed by atoms with Crippen LogP contribution in [0.1, 0.15) is 11.1 Å². The molecule has 1 heterocycles. The van der Waals surface area contributed by atoms with Gasteiger partial charge in [-0.05, 0) is 41.1 Å². The van der Waals surface area contributed by atoms with Crippen molar-refractivity contribution in [3.63, 3.8) is 0 Å². The second-order valence-corrected chi connectivity index (χ2v) is 4.78. The summed E-state index contributed by atoms with van der Waals surface area (Å²) in [6.07, 6.45) is 1.40. The number of hydrogen-bond acceptors (Lipinski definition) is 4. The molecule has 0 amide bonds. The monoisotopic (exact) mass is 322 g/mol. The van der Waals surface area contributed by atoms with Crippen molar-refractivity contribution in [3.05, 3.63) is 45.3 Å². The Kier molecular flexibility index (Phi) is 3.80. The number of nitrogens with zero attached hydrogens (tertiary/aromatic N) is 3. The molecule has 1 N–H and O–H groups in total. The van der Waals surface area contributed by atoms with Crippen molar-refractivity contribution in [2.45, 2.75) is 6.92 Å². The molecule has 0 radical (unpaired) electrons. The standard InChI is InChI=1S/C12H8BrClN4/c1-7-11(14)16-6-17-12(7)18-10-3-2-8(5-15)4-9(10)13/h2-4,6H,1H3,(H,16,17,18). The van der Waals surface area contributed by atoms with E-state index in [4.69, 9.17) is 16.9 Å². The molecule has 0 atom stereocenters. The highest BCUT2D eigenvalue weighted by Crippen LogP contribution is 2.28. The third-order valence-electron chi connectivity index (χ3n) is 2.37. The number of nitrogens with one attached hydrogen (secondary N) is 1. The lowest BCUT2D eigenvalue weighted by molar-refractivity contribution is 1.13. The molecule has 90 valence electrons. The van der Waals surface area contributed by atoms with Crippen LogP contribution < -0.4 is 5.32 Å². The Morgan fingerprint density at radius 3 is 2.83 bits per heavy atom. The number of anilines is 2. The van der Waals surface area contributed by atoms with Gasteiger partial charge in [0.2, 0.25) is 0 Å². The van der Waals surface area contributed by atoms with E-state index in [1.807, 2.05) is 6.92 Å². The summed E-state index contributed by atoms with van der Waals surface area (Å²) in [5.74, 6) is 0.639. The van der Waals surface area contributed by atoms with Crippen molar-refractivity contribution >= 4 is 39.0 Å². The average molecular weight is 324 g/mol. The number of nitriles is 1. The summed E-state index contributed by atoms with van der Waals surface area (Å²) < 4.78 is 0.788. The fourth-order valence-electron chi connectivity index (χ4n) is 1.37. The molecular formula is C12H8BrClN4. The minimum Gasteiger partial charge on any atom is -0.339 e. The van der Waals surface area contributed by atoms with Crippen LogP contribution >= 0.6 is 27.5 Å². The zero-order chi connectivity index (χ0) is 13.1. The van der Waals surface area contributed by atoms with Gasteiger partial charge < -0.3 is 5.32 Å². The predicted molar refractivity (Wildman–Crippen MR) is 73.9 cm³/mol. The molecule has 0 aliphatic carbocycles. The van der Waals surface area contributed by atoms with Crippen LogP contribution in [0.5, 0.6) is 0 Å². The van der Waals surface area contributed by atoms with Crippen molar-refractivity contribution in [3.8, 4) is 6.07 Å². The molecule has 0 unspecified atom stereocenters. The lowest BCUT2D eigenvalue weighted by Crippen LogP contribution is -1.99. The van der Waals surface area contributed by atoms with Gasteiger partial charge in [0.15, 0.2) is 0 Å². The van der Waals surface area contributed by atoms with E-state index >= 15 is 0 Å². The van der Waals surface area contributed by atoms with Gasteiger partial charge in [-0.15, -0.1) is 0 Å². The molecule has 18 heavy (non-hydrogen) atoms. The number of halogens is 2. The van der Waals surface area contributed by atoms with E-state index in [-0.39, 0.29) is 0 Å². The van der Waals surface area contributed by atoms with E-state index in [9.17, 15) is 0 Å². The van der Waals surface area contributed by atoms with Gasteiger partial charge in [-0.1, -0.05) is 11.6 Å². The molecule has 0 aliphatic heterocycles. The summed E-state index contributed by atoms with van der Waals surface area (Å²) >= 11 is 9.32. The molecule has 1 aromatic carbocycles. The summed E-state index contributed by atoms with van der Waals surface area (Å²) in [5, 5.41) is 12.3. The van der Waals surface area contributed by atoms with Gasteiger partial charge in [0.05, 0.1) is 17.3 Å². The number of benzene rings is 1. The molecule has 2 rings (SSSR count). The number of rotatable bonds is 2. The smallest absolute Gasteiger partial charge is 0.138 e. The first-order valence-electron chi connectivity index (χ1n) is 5.05. The van der Waals surface area contributed by atoms with Crippen molar-refractivity contribution in [2.75, 3.05) is 5.32 Å². The SMILES string of the molecule is Cc1c(Cl)ncnc1Nc1ccc(C#N)cc1Br. The highest BCUT2D eigenvalue weighted by molar-refractivity contribution is 9.10. The molecule has 4 nitrogen and oxygen atoms in total. The quantitative estimate of drug-likeness (QED) is 0.854. The summed E-state index contributed by atoms with van der Waals surface area (Å²) in [4.78, 5) is 8.02. The van der Waals surface area contributed by atoms with E-state index in [1.54, 1.807) is 18.2 Å². The molecule has 6 heteroatoms. The summed E-state index contributed by atoms with van der Waals surface area (Å²) in [6.45, 7) is 1.84. The van der Waals surface area contributed by atoms with E-state index in [0.29, 0.717) is 16.5 Å². The predicted octanol–water partition coefficient (Wildman–Crippen LogP) is 3.82. The van der Waals surface area contributed by atoms with Crippen molar-refractivity contribution < 1.29 is 0 Å². The second kappa shape index (κ2) is 5.34. The minimum absolute atomic E-state index is 0.414. The van der Waals surface area contributed by atoms with Crippen LogP contribution in [0.2, 0.25) is 5.15 Å². The lowest BCUT2D eigenvalue weighted by Gasteiger charge is -2.10. The van der Waals surface area contributed by atoms with Gasteiger partial charge in [0, 0.05) is 10.0 Å². The third-order valence-corrected chi connectivity index (χ3v) is 3.41. The third kappa shape index (κ3) is 2.61. The highest BCUT2D eigenvalue weighted by Gasteiger charge is 2.07. The fourth-order valence-corrected chi connectivity index (χ4v) is 1.98. The Bertz CT molecular complexity index is 636. The Balaban J connectivity index is 2.35. The Hall–Kier alpha value is -1.64. The van der Waals surface area contributed by atoms with Crippen LogP contribution in [-0.4, -0.2) is 9.97 Å². The van der Waals surface area contributed by atoms with Gasteiger partial charge in [-0.3, -0.25) is 0 Å². The number of aromatic nitrogens is 2. The molecule has 0 fully saturated rings. The van der Waals surface area contributed by atoms with E-state index in [2.05, 4.69) is 37.3 Å². The summed E-state index contributed by atoms with van der Waals surface area (Å²) in [5.41, 5.74) is 2.17. The topological polar surface area (TPSA) is 61.6 Å². The number of hydrogen-bond donors (Lipinski definition) is 1. The van der Waals surface area contributed by atoms with Gasteiger partial charge in [-0.2, -0.15) is 5.26 Å².